The van der Waals surface area contributed by atoms with Crippen molar-refractivity contribution in [1.29, 1.82) is 0 Å². The van der Waals surface area contributed by atoms with E-state index in [2.05, 4.69) is 0 Å². The fraction of sp³-hybridized carbons (Fsp3) is 0.517. The van der Waals surface area contributed by atoms with Gasteiger partial charge in [-0.05, 0) is 55.9 Å². The number of rotatable bonds is 11. The number of carbonyl (C=O) groups is 2. The lowest BCUT2D eigenvalue weighted by Crippen LogP contribution is -2.57. The van der Waals surface area contributed by atoms with Gasteiger partial charge in [0.15, 0.2) is 0 Å². The van der Waals surface area contributed by atoms with Crippen molar-refractivity contribution in [2.45, 2.75) is 43.9 Å². The topological polar surface area (TPSA) is 88.5 Å². The number of carbonyl (C=O) groups excluding carboxylic acids is 2. The summed E-state index contributed by atoms with van der Waals surface area (Å²) in [5, 5.41) is 10.7. The van der Waals surface area contributed by atoms with Crippen molar-refractivity contribution in [1.82, 2.24) is 9.80 Å². The van der Waals surface area contributed by atoms with E-state index in [1.54, 1.807) is 32.3 Å². The second kappa shape index (κ2) is 13.3. The van der Waals surface area contributed by atoms with E-state index in [4.69, 9.17) is 14.2 Å². The van der Waals surface area contributed by atoms with E-state index >= 15 is 0 Å². The summed E-state index contributed by atoms with van der Waals surface area (Å²) in [4.78, 5) is 27.8. The molecule has 0 radical (unpaired) electrons. The molecule has 1 aliphatic rings. The predicted octanol–water partition coefficient (Wildman–Crippen LogP) is 4.64. The normalized spacial score (nSPS) is 15.8. The van der Waals surface area contributed by atoms with Gasteiger partial charge in [-0.2, -0.15) is 13.2 Å². The van der Waals surface area contributed by atoms with Gasteiger partial charge in [0.25, 0.3) is 17.4 Å². The average Bonchev–Trinajstić information content (AvgIpc) is 2.95. The number of amides is 2. The monoisotopic (exact) mass is 566 g/mol. The lowest BCUT2D eigenvalue weighted by molar-refractivity contribution is -0.262. The van der Waals surface area contributed by atoms with Gasteiger partial charge < -0.3 is 29.1 Å². The van der Waals surface area contributed by atoms with E-state index in [1.165, 1.54) is 31.3 Å². The molecule has 0 bridgehead atoms. The van der Waals surface area contributed by atoms with Crippen LogP contribution >= 0.6 is 0 Å². The molecular weight excluding hydrogens is 529 g/mol. The van der Waals surface area contributed by atoms with E-state index in [0.29, 0.717) is 36.5 Å². The van der Waals surface area contributed by atoms with Gasteiger partial charge >= 0.3 is 6.18 Å². The Morgan fingerprint density at radius 2 is 1.70 bits per heavy atom. The van der Waals surface area contributed by atoms with E-state index in [1.807, 2.05) is 0 Å². The summed E-state index contributed by atoms with van der Waals surface area (Å²) in [5.41, 5.74) is -3.77. The molecule has 1 saturated heterocycles. The first-order valence-corrected chi connectivity index (χ1v) is 13.2. The molecular formula is C29H37F3N2O6. The van der Waals surface area contributed by atoms with Crippen LogP contribution in [0.5, 0.6) is 17.2 Å². The van der Waals surface area contributed by atoms with E-state index in [0.717, 1.165) is 36.3 Å². The summed E-state index contributed by atoms with van der Waals surface area (Å²) in [6.45, 7) is 0.737. The van der Waals surface area contributed by atoms with Crippen molar-refractivity contribution in [2.75, 3.05) is 48.0 Å². The summed E-state index contributed by atoms with van der Waals surface area (Å²) in [5.74, 6) is -0.135. The Morgan fingerprint density at radius 1 is 1.00 bits per heavy atom. The molecule has 1 fully saturated rings. The van der Waals surface area contributed by atoms with Gasteiger partial charge in [0.1, 0.15) is 17.2 Å². The van der Waals surface area contributed by atoms with Crippen LogP contribution in [0.3, 0.4) is 0 Å². The first kappa shape index (κ1) is 31.1. The molecule has 1 heterocycles. The minimum Gasteiger partial charge on any atom is -0.497 e. The molecule has 2 aromatic carbocycles. The van der Waals surface area contributed by atoms with Crippen molar-refractivity contribution in [3.05, 3.63) is 53.6 Å². The lowest BCUT2D eigenvalue weighted by Gasteiger charge is -2.38. The number of benzene rings is 2. The minimum atomic E-state index is -5.19. The Kier molecular flexibility index (Phi) is 10.3. The number of halogens is 3. The Labute approximate surface area is 232 Å². The van der Waals surface area contributed by atoms with Crippen molar-refractivity contribution >= 4 is 11.8 Å². The Morgan fingerprint density at radius 3 is 2.30 bits per heavy atom. The maximum Gasteiger partial charge on any atom is 0.430 e. The number of aliphatic hydroxyl groups is 1. The molecule has 1 unspecified atom stereocenters. The fourth-order valence-corrected chi connectivity index (χ4v) is 4.81. The van der Waals surface area contributed by atoms with Gasteiger partial charge in [0.05, 0.1) is 26.4 Å². The van der Waals surface area contributed by atoms with Gasteiger partial charge in [-0.25, -0.2) is 0 Å². The Bertz CT molecular complexity index is 1160. The van der Waals surface area contributed by atoms with Crippen LogP contribution in [0.15, 0.2) is 42.5 Å². The fourth-order valence-electron chi connectivity index (χ4n) is 4.81. The molecule has 1 aliphatic heterocycles. The molecule has 0 aromatic heterocycles. The van der Waals surface area contributed by atoms with Gasteiger partial charge in [-0.3, -0.25) is 9.59 Å². The molecule has 0 spiro atoms. The Balaban J connectivity index is 1.48. The van der Waals surface area contributed by atoms with Crippen LogP contribution in [-0.2, 0) is 10.4 Å². The van der Waals surface area contributed by atoms with E-state index in [-0.39, 0.29) is 30.7 Å². The van der Waals surface area contributed by atoms with Gasteiger partial charge in [0, 0.05) is 38.8 Å². The first-order valence-electron chi connectivity index (χ1n) is 13.2. The number of likely N-dealkylation sites (tertiary alicyclic amines) is 1. The zero-order valence-electron chi connectivity index (χ0n) is 23.3. The molecule has 11 heteroatoms. The standard InChI is InChI=1S/C29H37F3N2O6/c1-33(2)26(35)24-12-11-23(19-25(24)39-4)40-17-6-5-8-20-13-15-34(16-14-20)27(36)28(37,29(30,31)32)21-9-7-10-22(18-21)38-3/h7,9-12,18-20,37H,5-6,8,13-17H2,1-4H3. The van der Waals surface area contributed by atoms with Crippen LogP contribution in [-0.4, -0.2) is 80.9 Å². The Hall–Kier alpha value is -3.47. The van der Waals surface area contributed by atoms with Crippen LogP contribution in [0.4, 0.5) is 13.2 Å². The smallest absolute Gasteiger partial charge is 0.430 e. The van der Waals surface area contributed by atoms with Gasteiger partial charge in [0.2, 0.25) is 0 Å². The van der Waals surface area contributed by atoms with Crippen molar-refractivity contribution in [3.63, 3.8) is 0 Å². The summed E-state index contributed by atoms with van der Waals surface area (Å²) < 4.78 is 58.2. The summed E-state index contributed by atoms with van der Waals surface area (Å²) in [6.07, 6.45) is -1.62. The predicted molar refractivity (Wildman–Crippen MR) is 143 cm³/mol. The zero-order chi connectivity index (χ0) is 29.5. The molecule has 8 nitrogen and oxygen atoms in total. The number of nitrogens with zero attached hydrogens (tertiary/aromatic N) is 2. The van der Waals surface area contributed by atoms with Crippen LogP contribution in [0.2, 0.25) is 0 Å². The quantitative estimate of drug-likeness (QED) is 0.399. The maximum atomic E-state index is 14.0. The van der Waals surface area contributed by atoms with E-state index in [9.17, 15) is 27.9 Å². The summed E-state index contributed by atoms with van der Waals surface area (Å²) in [7, 11) is 6.12. The van der Waals surface area contributed by atoms with Crippen LogP contribution in [0, 0.1) is 5.92 Å². The third-order valence-corrected chi connectivity index (χ3v) is 7.19. The van der Waals surface area contributed by atoms with Crippen LogP contribution in [0.25, 0.3) is 0 Å². The number of hydrogen-bond acceptors (Lipinski definition) is 6. The number of methoxy groups -OCH3 is 2. The summed E-state index contributed by atoms with van der Waals surface area (Å²) >= 11 is 0. The molecule has 3 rings (SSSR count). The lowest BCUT2D eigenvalue weighted by atomic mass is 9.87. The number of hydrogen-bond donors (Lipinski definition) is 1. The second-order valence-electron chi connectivity index (χ2n) is 10.1. The summed E-state index contributed by atoms with van der Waals surface area (Å²) in [6, 6.07) is 9.94. The highest BCUT2D eigenvalue weighted by Crippen LogP contribution is 2.42. The minimum absolute atomic E-state index is 0.117. The maximum absolute atomic E-state index is 14.0. The highest BCUT2D eigenvalue weighted by atomic mass is 19.4. The first-order chi connectivity index (χ1) is 18.9. The van der Waals surface area contributed by atoms with Crippen molar-refractivity contribution in [2.24, 2.45) is 5.92 Å². The molecule has 40 heavy (non-hydrogen) atoms. The average molecular weight is 567 g/mol. The third kappa shape index (κ3) is 6.99. The van der Waals surface area contributed by atoms with Crippen LogP contribution < -0.4 is 14.2 Å². The number of piperidine rings is 1. The zero-order valence-corrected chi connectivity index (χ0v) is 23.3. The number of ether oxygens (including phenoxy) is 3. The molecule has 0 aliphatic carbocycles. The number of alkyl halides is 3. The number of unbranched alkanes of at least 4 members (excludes halogenated alkanes) is 1. The highest BCUT2D eigenvalue weighted by Gasteiger charge is 2.62. The largest absolute Gasteiger partial charge is 0.497 e. The second-order valence-corrected chi connectivity index (χ2v) is 10.1. The van der Waals surface area contributed by atoms with Crippen LogP contribution in [0.1, 0.15) is 48.0 Å². The third-order valence-electron chi connectivity index (χ3n) is 7.19. The molecule has 1 atom stereocenters. The molecule has 220 valence electrons. The molecule has 2 amide bonds. The SMILES string of the molecule is COc1cccc(C(O)(C(=O)N2CCC(CCCCOc3ccc(C(=O)N(C)C)c(OC)c3)CC2)C(F)(F)F)c1. The molecule has 2 aromatic rings. The van der Waals surface area contributed by atoms with Crippen molar-refractivity contribution < 1.29 is 42.1 Å². The van der Waals surface area contributed by atoms with Gasteiger partial charge in [-0.15, -0.1) is 0 Å². The van der Waals surface area contributed by atoms with Crippen molar-refractivity contribution in [3.8, 4) is 17.2 Å². The molecule has 1 N–H and O–H groups in total. The highest BCUT2D eigenvalue weighted by molar-refractivity contribution is 5.96. The van der Waals surface area contributed by atoms with E-state index < -0.39 is 23.2 Å². The van der Waals surface area contributed by atoms with Gasteiger partial charge in [-0.1, -0.05) is 18.6 Å². The molecule has 0 saturated carbocycles.